The number of hydrogen-bond acceptors (Lipinski definition) is 11. The largest absolute Gasteiger partial charge is 0.462 e. The van der Waals surface area contributed by atoms with Crippen LogP contribution in [-0.4, -0.2) is 78.9 Å². The Kier molecular flexibility index (Phi) is 7.29. The third-order valence-corrected chi connectivity index (χ3v) is 5.91. The maximum absolute atomic E-state index is 12.4. The molecule has 0 aliphatic carbocycles. The van der Waals surface area contributed by atoms with Crippen LogP contribution in [0.4, 0.5) is 0 Å². The van der Waals surface area contributed by atoms with Gasteiger partial charge in [-0.25, -0.2) is 4.79 Å². The SMILES string of the molecule is CC1(C)O[C@H]2O[C@H]([C@@H](COS(C)(=O)=O)OS(C)(=O)=O)[C@@H](COC(=O)c3ccccc3)[C@H]2O1. The van der Waals surface area contributed by atoms with Crippen molar-refractivity contribution >= 4 is 26.2 Å². The summed E-state index contributed by atoms with van der Waals surface area (Å²) >= 11 is 0. The van der Waals surface area contributed by atoms with Crippen LogP contribution in [0.25, 0.3) is 0 Å². The van der Waals surface area contributed by atoms with Crippen LogP contribution in [0.3, 0.4) is 0 Å². The Balaban J connectivity index is 1.82. The monoisotopic (exact) mass is 494 g/mol. The second kappa shape index (κ2) is 9.33. The van der Waals surface area contributed by atoms with Gasteiger partial charge in [0.15, 0.2) is 12.1 Å². The number of carbonyl (C=O) groups is 1. The molecule has 0 aromatic heterocycles. The van der Waals surface area contributed by atoms with E-state index in [-0.39, 0.29) is 6.61 Å². The highest BCUT2D eigenvalue weighted by Crippen LogP contribution is 2.42. The van der Waals surface area contributed by atoms with Gasteiger partial charge in [0.2, 0.25) is 0 Å². The molecule has 0 radical (unpaired) electrons. The van der Waals surface area contributed by atoms with Gasteiger partial charge in [0.25, 0.3) is 20.2 Å². The lowest BCUT2D eigenvalue weighted by atomic mass is 9.95. The fraction of sp³-hybridized carbons (Fsp3) is 0.632. The van der Waals surface area contributed by atoms with Crippen molar-refractivity contribution in [3.63, 3.8) is 0 Å². The first-order valence-corrected chi connectivity index (χ1v) is 13.3. The molecule has 13 heteroatoms. The number of fused-ring (bicyclic) bond motifs is 1. The summed E-state index contributed by atoms with van der Waals surface area (Å²) in [6, 6.07) is 8.29. The molecule has 0 saturated carbocycles. The summed E-state index contributed by atoms with van der Waals surface area (Å²) in [6.07, 6.45) is -2.41. The van der Waals surface area contributed by atoms with Gasteiger partial charge in [-0.05, 0) is 26.0 Å². The fourth-order valence-corrected chi connectivity index (χ4v) is 4.57. The Morgan fingerprint density at radius 3 is 2.31 bits per heavy atom. The van der Waals surface area contributed by atoms with E-state index in [1.165, 1.54) is 0 Å². The number of rotatable bonds is 9. The molecule has 2 aliphatic heterocycles. The minimum absolute atomic E-state index is 0.221. The van der Waals surface area contributed by atoms with Crippen LogP contribution in [-0.2, 0) is 47.5 Å². The van der Waals surface area contributed by atoms with Crippen molar-refractivity contribution in [3.8, 4) is 0 Å². The molecular weight excluding hydrogens is 468 g/mol. The van der Waals surface area contributed by atoms with Crippen molar-refractivity contribution in [2.75, 3.05) is 25.7 Å². The van der Waals surface area contributed by atoms with E-state index in [2.05, 4.69) is 0 Å². The summed E-state index contributed by atoms with van der Waals surface area (Å²) in [6.45, 7) is 2.49. The maximum Gasteiger partial charge on any atom is 0.338 e. The Morgan fingerprint density at radius 1 is 1.06 bits per heavy atom. The highest BCUT2D eigenvalue weighted by molar-refractivity contribution is 7.86. The Bertz CT molecular complexity index is 1020. The van der Waals surface area contributed by atoms with Gasteiger partial charge in [-0.15, -0.1) is 0 Å². The van der Waals surface area contributed by atoms with Crippen LogP contribution in [0.2, 0.25) is 0 Å². The summed E-state index contributed by atoms with van der Waals surface area (Å²) < 4.78 is 79.2. The summed E-state index contributed by atoms with van der Waals surface area (Å²) in [5, 5.41) is 0. The number of benzene rings is 1. The lowest BCUT2D eigenvalue weighted by Gasteiger charge is -2.29. The van der Waals surface area contributed by atoms with Crippen molar-refractivity contribution in [1.82, 2.24) is 0 Å². The van der Waals surface area contributed by atoms with Gasteiger partial charge in [-0.1, -0.05) is 18.2 Å². The van der Waals surface area contributed by atoms with Gasteiger partial charge in [0.05, 0.1) is 43.3 Å². The molecule has 2 fully saturated rings. The predicted molar refractivity (Wildman–Crippen MR) is 109 cm³/mol. The van der Waals surface area contributed by atoms with E-state index in [1.807, 2.05) is 0 Å². The molecule has 0 spiro atoms. The zero-order valence-corrected chi connectivity index (χ0v) is 19.6. The van der Waals surface area contributed by atoms with E-state index in [0.29, 0.717) is 5.56 Å². The predicted octanol–water partition coefficient (Wildman–Crippen LogP) is 0.657. The van der Waals surface area contributed by atoms with Crippen molar-refractivity contribution < 1.29 is 48.9 Å². The quantitative estimate of drug-likeness (QED) is 0.353. The average molecular weight is 495 g/mol. The van der Waals surface area contributed by atoms with Gasteiger partial charge in [-0.3, -0.25) is 8.37 Å². The standard InChI is InChI=1S/C19H26O11S2/c1-19(2)28-16-13(10-25-17(20)12-8-6-5-7-9-12)15(27-18(16)29-19)14(30-32(4,23)24)11-26-31(3,21)22/h5-9,13-16,18H,10-11H2,1-4H3/t13-,14-,15+,16-,18-/m1/s1. The van der Waals surface area contributed by atoms with Crippen molar-refractivity contribution in [2.45, 2.75) is 44.2 Å². The maximum atomic E-state index is 12.4. The molecule has 32 heavy (non-hydrogen) atoms. The third-order valence-electron chi connectivity index (χ3n) is 4.75. The molecule has 0 N–H and O–H groups in total. The zero-order chi connectivity index (χ0) is 23.7. The van der Waals surface area contributed by atoms with E-state index in [0.717, 1.165) is 12.5 Å². The molecule has 2 heterocycles. The van der Waals surface area contributed by atoms with Crippen LogP contribution in [0.5, 0.6) is 0 Å². The topological polar surface area (TPSA) is 141 Å². The molecule has 0 unspecified atom stereocenters. The number of esters is 1. The number of hydrogen-bond donors (Lipinski definition) is 0. The summed E-state index contributed by atoms with van der Waals surface area (Å²) in [4.78, 5) is 12.4. The lowest BCUT2D eigenvalue weighted by Crippen LogP contribution is -2.44. The molecule has 2 aliphatic rings. The second-order valence-electron chi connectivity index (χ2n) is 8.03. The zero-order valence-electron chi connectivity index (χ0n) is 18.0. The van der Waals surface area contributed by atoms with Crippen LogP contribution in [0, 0.1) is 5.92 Å². The summed E-state index contributed by atoms with van der Waals surface area (Å²) in [5.41, 5.74) is 0.327. The van der Waals surface area contributed by atoms with E-state index < -0.39 is 69.1 Å². The van der Waals surface area contributed by atoms with Crippen LogP contribution in [0.15, 0.2) is 30.3 Å². The second-order valence-corrected chi connectivity index (χ2v) is 11.3. The number of carbonyl (C=O) groups excluding carboxylic acids is 1. The molecule has 180 valence electrons. The summed E-state index contributed by atoms with van der Waals surface area (Å²) in [7, 11) is -7.92. The fourth-order valence-electron chi connectivity index (χ4n) is 3.57. The first kappa shape index (κ1) is 25.0. The van der Waals surface area contributed by atoms with Crippen molar-refractivity contribution in [1.29, 1.82) is 0 Å². The summed E-state index contributed by atoms with van der Waals surface area (Å²) in [5.74, 6) is -2.32. The molecule has 0 amide bonds. The smallest absolute Gasteiger partial charge is 0.338 e. The Morgan fingerprint density at radius 2 is 1.72 bits per heavy atom. The van der Waals surface area contributed by atoms with E-state index >= 15 is 0 Å². The van der Waals surface area contributed by atoms with Crippen molar-refractivity contribution in [2.24, 2.45) is 5.92 Å². The van der Waals surface area contributed by atoms with E-state index in [1.54, 1.807) is 44.2 Å². The lowest BCUT2D eigenvalue weighted by molar-refractivity contribution is -0.221. The third kappa shape index (κ3) is 6.70. The molecule has 1 aromatic rings. The number of ether oxygens (including phenoxy) is 4. The van der Waals surface area contributed by atoms with Gasteiger partial charge >= 0.3 is 5.97 Å². The van der Waals surface area contributed by atoms with E-state index in [4.69, 9.17) is 27.3 Å². The minimum atomic E-state index is -4.02. The first-order valence-electron chi connectivity index (χ1n) is 9.70. The molecule has 5 atom stereocenters. The van der Waals surface area contributed by atoms with Crippen LogP contribution in [0.1, 0.15) is 24.2 Å². The van der Waals surface area contributed by atoms with Crippen molar-refractivity contribution in [3.05, 3.63) is 35.9 Å². The van der Waals surface area contributed by atoms with E-state index in [9.17, 15) is 21.6 Å². The van der Waals surface area contributed by atoms with Crippen LogP contribution < -0.4 is 0 Å². The Labute approximate surface area is 187 Å². The minimum Gasteiger partial charge on any atom is -0.462 e. The highest BCUT2D eigenvalue weighted by atomic mass is 32.2. The van der Waals surface area contributed by atoms with Crippen LogP contribution >= 0.6 is 0 Å². The average Bonchev–Trinajstić information content (AvgIpc) is 3.14. The molecule has 2 saturated heterocycles. The van der Waals surface area contributed by atoms with Gasteiger partial charge in [-0.2, -0.15) is 16.8 Å². The molecule has 1 aromatic carbocycles. The molecule has 3 rings (SSSR count). The molecule has 0 bridgehead atoms. The normalized spacial score (nSPS) is 28.2. The molecule has 11 nitrogen and oxygen atoms in total. The highest BCUT2D eigenvalue weighted by Gasteiger charge is 2.57. The van der Waals surface area contributed by atoms with Gasteiger partial charge in [0, 0.05) is 0 Å². The van der Waals surface area contributed by atoms with Gasteiger partial charge in [0.1, 0.15) is 12.2 Å². The molecular formula is C19H26O11S2. The Hall–Kier alpha value is -1.61. The first-order chi connectivity index (χ1) is 14.7. The van der Waals surface area contributed by atoms with Gasteiger partial charge < -0.3 is 18.9 Å².